The highest BCUT2D eigenvalue weighted by Gasteiger charge is 2.06. The van der Waals surface area contributed by atoms with Crippen LogP contribution in [0, 0.1) is 5.82 Å². The fourth-order valence-electron chi connectivity index (χ4n) is 1.78. The van der Waals surface area contributed by atoms with E-state index in [9.17, 15) is 4.39 Å². The molecule has 0 aromatic heterocycles. The zero-order valence-corrected chi connectivity index (χ0v) is 10.8. The second kappa shape index (κ2) is 5.27. The van der Waals surface area contributed by atoms with E-state index < -0.39 is 0 Å². The van der Waals surface area contributed by atoms with Crippen LogP contribution in [0.25, 0.3) is 0 Å². The molecule has 94 valence electrons. The van der Waals surface area contributed by atoms with E-state index in [1.165, 1.54) is 12.1 Å². The summed E-state index contributed by atoms with van der Waals surface area (Å²) in [5.74, 6) is -0.252. The Morgan fingerprint density at radius 1 is 1.22 bits per heavy atom. The quantitative estimate of drug-likeness (QED) is 0.857. The molecule has 0 aliphatic carbocycles. The third kappa shape index (κ3) is 2.93. The van der Waals surface area contributed by atoms with Gasteiger partial charge in [-0.15, -0.1) is 0 Å². The van der Waals surface area contributed by atoms with Gasteiger partial charge in [0, 0.05) is 30.0 Å². The monoisotopic (exact) mass is 264 g/mol. The molecular weight excluding hydrogens is 251 g/mol. The van der Waals surface area contributed by atoms with Crippen molar-refractivity contribution in [2.45, 2.75) is 6.54 Å². The Labute approximate surface area is 111 Å². The van der Waals surface area contributed by atoms with Crippen LogP contribution in [0.4, 0.5) is 15.8 Å². The molecule has 0 spiro atoms. The average Bonchev–Trinajstić information content (AvgIpc) is 2.34. The van der Waals surface area contributed by atoms with E-state index in [1.807, 2.05) is 24.1 Å². The number of nitrogens with two attached hydrogens (primary N) is 1. The zero-order chi connectivity index (χ0) is 13.1. The number of hydrogen-bond acceptors (Lipinski definition) is 2. The zero-order valence-electron chi connectivity index (χ0n) is 10.0. The maximum atomic E-state index is 13.1. The van der Waals surface area contributed by atoms with Crippen LogP contribution in [0.2, 0.25) is 5.02 Å². The van der Waals surface area contributed by atoms with Gasteiger partial charge in [0.2, 0.25) is 0 Å². The standard InChI is InChI=1S/C14H14ClFN2/c1-18(13-4-2-3-11(16)8-13)9-10-7-12(17)5-6-14(10)15/h2-8H,9,17H2,1H3. The summed E-state index contributed by atoms with van der Waals surface area (Å²) in [5, 5.41) is 0.660. The summed E-state index contributed by atoms with van der Waals surface area (Å²) in [5.41, 5.74) is 8.12. The van der Waals surface area contributed by atoms with E-state index in [1.54, 1.807) is 18.2 Å². The molecule has 0 amide bonds. The summed E-state index contributed by atoms with van der Waals surface area (Å²) < 4.78 is 13.1. The molecule has 0 aliphatic rings. The van der Waals surface area contributed by atoms with Crippen molar-refractivity contribution in [3.05, 3.63) is 58.9 Å². The van der Waals surface area contributed by atoms with E-state index in [0.29, 0.717) is 17.3 Å². The summed E-state index contributed by atoms with van der Waals surface area (Å²) in [6.45, 7) is 0.577. The summed E-state index contributed by atoms with van der Waals surface area (Å²) in [7, 11) is 1.88. The van der Waals surface area contributed by atoms with Gasteiger partial charge in [0.05, 0.1) is 0 Å². The van der Waals surface area contributed by atoms with Crippen LogP contribution in [0.15, 0.2) is 42.5 Å². The Morgan fingerprint density at radius 2 is 2.00 bits per heavy atom. The first-order valence-electron chi connectivity index (χ1n) is 5.57. The van der Waals surface area contributed by atoms with Gasteiger partial charge in [-0.05, 0) is 42.0 Å². The summed E-state index contributed by atoms with van der Waals surface area (Å²) in [4.78, 5) is 1.92. The molecule has 2 aromatic rings. The molecule has 4 heteroatoms. The lowest BCUT2D eigenvalue weighted by atomic mass is 10.2. The molecule has 2 N–H and O–H groups in total. The predicted octanol–water partition coefficient (Wildman–Crippen LogP) is 3.70. The Hall–Kier alpha value is -1.74. The molecule has 0 heterocycles. The molecule has 2 aromatic carbocycles. The van der Waals surface area contributed by atoms with Gasteiger partial charge in [0.1, 0.15) is 5.82 Å². The number of anilines is 2. The summed E-state index contributed by atoms with van der Waals surface area (Å²) >= 11 is 6.10. The van der Waals surface area contributed by atoms with Crippen molar-refractivity contribution >= 4 is 23.0 Å². The lowest BCUT2D eigenvalue weighted by molar-refractivity contribution is 0.627. The highest BCUT2D eigenvalue weighted by atomic mass is 35.5. The van der Waals surface area contributed by atoms with Gasteiger partial charge in [0.15, 0.2) is 0 Å². The highest BCUT2D eigenvalue weighted by molar-refractivity contribution is 6.31. The van der Waals surface area contributed by atoms with Gasteiger partial charge in [-0.2, -0.15) is 0 Å². The fourth-order valence-corrected chi connectivity index (χ4v) is 1.95. The number of rotatable bonds is 3. The van der Waals surface area contributed by atoms with E-state index >= 15 is 0 Å². The lowest BCUT2D eigenvalue weighted by Crippen LogP contribution is -2.16. The van der Waals surface area contributed by atoms with Crippen molar-refractivity contribution in [3.8, 4) is 0 Å². The number of nitrogens with zero attached hydrogens (tertiary/aromatic N) is 1. The van der Waals surface area contributed by atoms with Crippen LogP contribution >= 0.6 is 11.6 Å². The first kappa shape index (κ1) is 12.7. The third-order valence-electron chi connectivity index (χ3n) is 2.73. The van der Waals surface area contributed by atoms with Crippen LogP contribution in [-0.4, -0.2) is 7.05 Å². The molecule has 0 unspecified atom stereocenters. The third-order valence-corrected chi connectivity index (χ3v) is 3.09. The van der Waals surface area contributed by atoms with Gasteiger partial charge in [-0.25, -0.2) is 4.39 Å². The molecule has 2 rings (SSSR count). The van der Waals surface area contributed by atoms with Crippen LogP contribution in [-0.2, 0) is 6.54 Å². The Balaban J connectivity index is 2.21. The molecule has 18 heavy (non-hydrogen) atoms. The first-order chi connectivity index (χ1) is 8.56. The molecular formula is C14H14ClFN2. The van der Waals surface area contributed by atoms with Crippen LogP contribution in [0.1, 0.15) is 5.56 Å². The maximum absolute atomic E-state index is 13.1. The molecule has 0 saturated carbocycles. The van der Waals surface area contributed by atoms with Gasteiger partial charge >= 0.3 is 0 Å². The minimum atomic E-state index is -0.252. The molecule has 0 bridgehead atoms. The first-order valence-corrected chi connectivity index (χ1v) is 5.94. The molecule has 0 atom stereocenters. The predicted molar refractivity (Wildman–Crippen MR) is 74.4 cm³/mol. The van der Waals surface area contributed by atoms with Crippen molar-refractivity contribution in [1.29, 1.82) is 0 Å². The molecule has 0 fully saturated rings. The van der Waals surface area contributed by atoms with Crippen molar-refractivity contribution in [3.63, 3.8) is 0 Å². The summed E-state index contributed by atoms with van der Waals surface area (Å²) in [6.07, 6.45) is 0. The second-order valence-electron chi connectivity index (χ2n) is 4.19. The van der Waals surface area contributed by atoms with Crippen molar-refractivity contribution in [1.82, 2.24) is 0 Å². The maximum Gasteiger partial charge on any atom is 0.125 e. The van der Waals surface area contributed by atoms with E-state index in [2.05, 4.69) is 0 Å². The minimum absolute atomic E-state index is 0.252. The highest BCUT2D eigenvalue weighted by Crippen LogP contribution is 2.23. The van der Waals surface area contributed by atoms with Gasteiger partial charge in [0.25, 0.3) is 0 Å². The number of nitrogen functional groups attached to an aromatic ring is 1. The van der Waals surface area contributed by atoms with Crippen LogP contribution in [0.5, 0.6) is 0 Å². The Bertz CT molecular complexity index is 557. The van der Waals surface area contributed by atoms with Gasteiger partial charge in [-0.3, -0.25) is 0 Å². The minimum Gasteiger partial charge on any atom is -0.399 e. The number of hydrogen-bond donors (Lipinski definition) is 1. The molecule has 0 saturated heterocycles. The largest absolute Gasteiger partial charge is 0.399 e. The normalized spacial score (nSPS) is 10.4. The Kier molecular flexibility index (Phi) is 3.72. The Morgan fingerprint density at radius 3 is 2.72 bits per heavy atom. The number of benzene rings is 2. The average molecular weight is 265 g/mol. The van der Waals surface area contributed by atoms with Gasteiger partial charge in [-0.1, -0.05) is 17.7 Å². The molecule has 0 radical (unpaired) electrons. The van der Waals surface area contributed by atoms with E-state index in [-0.39, 0.29) is 5.82 Å². The van der Waals surface area contributed by atoms with Crippen molar-refractivity contribution in [2.24, 2.45) is 0 Å². The topological polar surface area (TPSA) is 29.3 Å². The smallest absolute Gasteiger partial charge is 0.125 e. The van der Waals surface area contributed by atoms with E-state index in [4.69, 9.17) is 17.3 Å². The SMILES string of the molecule is CN(Cc1cc(N)ccc1Cl)c1cccc(F)c1. The second-order valence-corrected chi connectivity index (χ2v) is 4.59. The molecule has 2 nitrogen and oxygen atoms in total. The molecule has 0 aliphatic heterocycles. The number of halogens is 2. The summed E-state index contributed by atoms with van der Waals surface area (Å²) in [6, 6.07) is 11.8. The van der Waals surface area contributed by atoms with Crippen molar-refractivity contribution in [2.75, 3.05) is 17.7 Å². The van der Waals surface area contributed by atoms with Crippen molar-refractivity contribution < 1.29 is 4.39 Å². The van der Waals surface area contributed by atoms with Crippen LogP contribution in [0.3, 0.4) is 0 Å². The van der Waals surface area contributed by atoms with E-state index in [0.717, 1.165) is 11.3 Å². The fraction of sp³-hybridized carbons (Fsp3) is 0.143. The van der Waals surface area contributed by atoms with Gasteiger partial charge < -0.3 is 10.6 Å². The van der Waals surface area contributed by atoms with Crippen LogP contribution < -0.4 is 10.6 Å². The lowest BCUT2D eigenvalue weighted by Gasteiger charge is -2.20.